The molecule has 0 aliphatic heterocycles. The van der Waals surface area contributed by atoms with Crippen LogP contribution in [0.1, 0.15) is 0 Å². The fraction of sp³-hybridized carbons (Fsp3) is 0. The topological polar surface area (TPSA) is 24.9 Å². The van der Waals surface area contributed by atoms with Gasteiger partial charge in [0.1, 0.15) is 0 Å². The number of anilines is 2. The SMILES string of the molecule is Clc1ccc(Cl)c(Nc2nccs2)c1. The Hall–Kier alpha value is -0.770. The second kappa shape index (κ2) is 4.17. The molecule has 14 heavy (non-hydrogen) atoms. The molecule has 0 radical (unpaired) electrons. The predicted octanol–water partition coefficient (Wildman–Crippen LogP) is 4.19. The van der Waals surface area contributed by atoms with E-state index >= 15 is 0 Å². The first-order chi connectivity index (χ1) is 6.75. The van der Waals surface area contributed by atoms with Crippen molar-refractivity contribution in [2.45, 2.75) is 0 Å². The number of rotatable bonds is 2. The van der Waals surface area contributed by atoms with Gasteiger partial charge in [0, 0.05) is 16.6 Å². The molecule has 1 aromatic carbocycles. The molecule has 2 nitrogen and oxygen atoms in total. The van der Waals surface area contributed by atoms with Gasteiger partial charge in [-0.15, -0.1) is 11.3 Å². The van der Waals surface area contributed by atoms with Crippen molar-refractivity contribution in [2.24, 2.45) is 0 Å². The number of hydrogen-bond donors (Lipinski definition) is 1. The van der Waals surface area contributed by atoms with Gasteiger partial charge in [-0.1, -0.05) is 23.2 Å². The van der Waals surface area contributed by atoms with Crippen molar-refractivity contribution < 1.29 is 0 Å². The van der Waals surface area contributed by atoms with Gasteiger partial charge in [0.15, 0.2) is 5.13 Å². The second-order valence-corrected chi connectivity index (χ2v) is 4.32. The second-order valence-electron chi connectivity index (χ2n) is 2.59. The Morgan fingerprint density at radius 2 is 2.14 bits per heavy atom. The molecular weight excluding hydrogens is 239 g/mol. The lowest BCUT2D eigenvalue weighted by Crippen LogP contribution is -1.89. The summed E-state index contributed by atoms with van der Waals surface area (Å²) < 4.78 is 0. The lowest BCUT2D eigenvalue weighted by Gasteiger charge is -2.04. The van der Waals surface area contributed by atoms with Gasteiger partial charge in [-0.05, 0) is 18.2 Å². The molecular formula is C9H6Cl2N2S. The fourth-order valence-corrected chi connectivity index (χ4v) is 1.87. The fourth-order valence-electron chi connectivity index (χ4n) is 0.994. The minimum atomic E-state index is 0.629. The van der Waals surface area contributed by atoms with E-state index in [1.165, 1.54) is 11.3 Å². The van der Waals surface area contributed by atoms with E-state index in [9.17, 15) is 0 Å². The van der Waals surface area contributed by atoms with Gasteiger partial charge in [-0.25, -0.2) is 4.98 Å². The zero-order chi connectivity index (χ0) is 9.97. The molecule has 0 spiro atoms. The molecule has 1 aromatic heterocycles. The number of nitrogens with zero attached hydrogens (tertiary/aromatic N) is 1. The molecule has 1 heterocycles. The van der Waals surface area contributed by atoms with Crippen LogP contribution in [0.25, 0.3) is 0 Å². The van der Waals surface area contributed by atoms with Crippen LogP contribution < -0.4 is 5.32 Å². The molecule has 0 saturated carbocycles. The third-order valence-electron chi connectivity index (χ3n) is 1.60. The minimum absolute atomic E-state index is 0.629. The van der Waals surface area contributed by atoms with Crippen molar-refractivity contribution in [3.05, 3.63) is 39.8 Å². The van der Waals surface area contributed by atoms with Crippen molar-refractivity contribution in [1.82, 2.24) is 4.98 Å². The Morgan fingerprint density at radius 1 is 1.29 bits per heavy atom. The minimum Gasteiger partial charge on any atom is -0.330 e. The summed E-state index contributed by atoms with van der Waals surface area (Å²) >= 11 is 13.3. The van der Waals surface area contributed by atoms with Gasteiger partial charge in [0.25, 0.3) is 0 Å². The van der Waals surface area contributed by atoms with Crippen LogP contribution in [0.4, 0.5) is 10.8 Å². The average molecular weight is 245 g/mol. The lowest BCUT2D eigenvalue weighted by atomic mass is 10.3. The van der Waals surface area contributed by atoms with Crippen LogP contribution in [0.2, 0.25) is 10.0 Å². The quantitative estimate of drug-likeness (QED) is 0.857. The molecule has 72 valence electrons. The van der Waals surface area contributed by atoms with Crippen LogP contribution >= 0.6 is 34.5 Å². The van der Waals surface area contributed by atoms with E-state index in [0.717, 1.165) is 10.8 Å². The molecule has 0 unspecified atom stereocenters. The summed E-state index contributed by atoms with van der Waals surface area (Å²) in [7, 11) is 0. The predicted molar refractivity (Wildman–Crippen MR) is 61.9 cm³/mol. The van der Waals surface area contributed by atoms with E-state index in [1.54, 1.807) is 24.4 Å². The number of halogens is 2. The lowest BCUT2D eigenvalue weighted by molar-refractivity contribution is 1.39. The summed E-state index contributed by atoms with van der Waals surface area (Å²) in [5.74, 6) is 0. The van der Waals surface area contributed by atoms with Gasteiger partial charge in [-0.2, -0.15) is 0 Å². The number of thiazole rings is 1. The van der Waals surface area contributed by atoms with Crippen LogP contribution in [-0.4, -0.2) is 4.98 Å². The van der Waals surface area contributed by atoms with E-state index in [-0.39, 0.29) is 0 Å². The standard InChI is InChI=1S/C9H6Cl2N2S/c10-6-1-2-7(11)8(5-6)13-9-12-3-4-14-9/h1-5H,(H,12,13). The molecule has 0 atom stereocenters. The van der Waals surface area contributed by atoms with Crippen molar-refractivity contribution >= 4 is 45.4 Å². The van der Waals surface area contributed by atoms with Gasteiger partial charge in [0.2, 0.25) is 0 Å². The van der Waals surface area contributed by atoms with Crippen LogP contribution in [0.15, 0.2) is 29.8 Å². The Morgan fingerprint density at radius 3 is 2.86 bits per heavy atom. The highest BCUT2D eigenvalue weighted by Crippen LogP contribution is 2.28. The molecule has 1 N–H and O–H groups in total. The van der Waals surface area contributed by atoms with Crippen LogP contribution in [0.3, 0.4) is 0 Å². The van der Waals surface area contributed by atoms with Crippen molar-refractivity contribution in [2.75, 3.05) is 5.32 Å². The van der Waals surface area contributed by atoms with E-state index in [2.05, 4.69) is 10.3 Å². The molecule has 0 aliphatic rings. The van der Waals surface area contributed by atoms with Gasteiger partial charge >= 0.3 is 0 Å². The van der Waals surface area contributed by atoms with E-state index in [4.69, 9.17) is 23.2 Å². The number of aromatic nitrogens is 1. The van der Waals surface area contributed by atoms with E-state index < -0.39 is 0 Å². The molecule has 0 fully saturated rings. The molecule has 0 amide bonds. The van der Waals surface area contributed by atoms with E-state index in [1.807, 2.05) is 5.38 Å². The van der Waals surface area contributed by atoms with Crippen LogP contribution in [0.5, 0.6) is 0 Å². The third kappa shape index (κ3) is 2.18. The number of hydrogen-bond acceptors (Lipinski definition) is 3. The molecule has 5 heteroatoms. The molecule has 0 aliphatic carbocycles. The summed E-state index contributed by atoms with van der Waals surface area (Å²) in [6.45, 7) is 0. The zero-order valence-corrected chi connectivity index (χ0v) is 9.33. The van der Waals surface area contributed by atoms with Crippen LogP contribution in [0, 0.1) is 0 Å². The largest absolute Gasteiger partial charge is 0.330 e. The van der Waals surface area contributed by atoms with E-state index in [0.29, 0.717) is 10.0 Å². The summed E-state index contributed by atoms with van der Waals surface area (Å²) in [6, 6.07) is 5.27. The smallest absolute Gasteiger partial charge is 0.187 e. The Bertz CT molecular complexity index is 428. The highest BCUT2D eigenvalue weighted by molar-refractivity contribution is 7.13. The van der Waals surface area contributed by atoms with Gasteiger partial charge in [0.05, 0.1) is 10.7 Å². The molecule has 0 bridgehead atoms. The summed E-state index contributed by atoms with van der Waals surface area (Å²) in [5.41, 5.74) is 0.772. The molecule has 2 aromatic rings. The van der Waals surface area contributed by atoms with Crippen molar-refractivity contribution in [3.8, 4) is 0 Å². The summed E-state index contributed by atoms with van der Waals surface area (Å²) in [5, 5.41) is 7.05. The Balaban J connectivity index is 2.28. The highest BCUT2D eigenvalue weighted by atomic mass is 35.5. The van der Waals surface area contributed by atoms with Crippen molar-refractivity contribution in [1.29, 1.82) is 0 Å². The van der Waals surface area contributed by atoms with Crippen LogP contribution in [-0.2, 0) is 0 Å². The Labute approximate surface area is 95.5 Å². The maximum atomic E-state index is 5.97. The number of nitrogens with one attached hydrogen (secondary N) is 1. The monoisotopic (exact) mass is 244 g/mol. The molecule has 2 rings (SSSR count). The first-order valence-corrected chi connectivity index (χ1v) is 5.51. The average Bonchev–Trinajstić information content (AvgIpc) is 2.64. The zero-order valence-electron chi connectivity index (χ0n) is 7.00. The third-order valence-corrected chi connectivity index (χ3v) is 2.86. The summed E-state index contributed by atoms with van der Waals surface area (Å²) in [6.07, 6.45) is 1.73. The summed E-state index contributed by atoms with van der Waals surface area (Å²) in [4.78, 5) is 4.09. The maximum absolute atomic E-state index is 5.97. The van der Waals surface area contributed by atoms with Crippen molar-refractivity contribution in [3.63, 3.8) is 0 Å². The number of benzene rings is 1. The first kappa shape index (κ1) is 9.77. The Kier molecular flexibility index (Phi) is 2.91. The van der Waals surface area contributed by atoms with Gasteiger partial charge < -0.3 is 5.32 Å². The highest BCUT2D eigenvalue weighted by Gasteiger charge is 2.02. The maximum Gasteiger partial charge on any atom is 0.187 e. The first-order valence-electron chi connectivity index (χ1n) is 3.87. The molecule has 0 saturated heterocycles. The van der Waals surface area contributed by atoms with Gasteiger partial charge in [-0.3, -0.25) is 0 Å². The normalized spacial score (nSPS) is 10.1.